The zero-order valence-electron chi connectivity index (χ0n) is 26.6. The number of esters is 1. The molecule has 4 aromatic carbocycles. The van der Waals surface area contributed by atoms with E-state index in [4.69, 9.17) is 9.47 Å². The number of nitrogens with one attached hydrogen (secondary N) is 2. The highest BCUT2D eigenvalue weighted by Crippen LogP contribution is 2.22. The fraction of sp³-hybridized carbons (Fsp3) is 0.167. The van der Waals surface area contributed by atoms with Crippen molar-refractivity contribution in [3.8, 4) is 17.0 Å². The molecule has 244 valence electrons. The minimum absolute atomic E-state index is 0.171. The van der Waals surface area contributed by atoms with Crippen LogP contribution in [-0.2, 0) is 27.3 Å². The second-order valence-electron chi connectivity index (χ2n) is 10.8. The lowest BCUT2D eigenvalue weighted by Crippen LogP contribution is -2.49. The molecule has 0 bridgehead atoms. The predicted molar refractivity (Wildman–Crippen MR) is 180 cm³/mol. The summed E-state index contributed by atoms with van der Waals surface area (Å²) in [7, 11) is 4.52. The molecule has 1 heterocycles. The van der Waals surface area contributed by atoms with Crippen molar-refractivity contribution in [2.75, 3.05) is 31.5 Å². The van der Waals surface area contributed by atoms with Crippen molar-refractivity contribution >= 4 is 35.1 Å². The van der Waals surface area contributed by atoms with E-state index < -0.39 is 17.9 Å². The predicted octanol–water partition coefficient (Wildman–Crippen LogP) is 4.38. The molecule has 12 nitrogen and oxygen atoms in total. The smallest absolute Gasteiger partial charge is 0.337 e. The van der Waals surface area contributed by atoms with Gasteiger partial charge in [-0.1, -0.05) is 47.7 Å². The van der Waals surface area contributed by atoms with E-state index in [0.717, 1.165) is 5.56 Å². The van der Waals surface area contributed by atoms with Crippen LogP contribution in [0.3, 0.4) is 0 Å². The quantitative estimate of drug-likeness (QED) is 0.190. The molecule has 0 aliphatic rings. The second-order valence-corrected chi connectivity index (χ2v) is 10.8. The summed E-state index contributed by atoms with van der Waals surface area (Å²) < 4.78 is 11.3. The van der Waals surface area contributed by atoms with E-state index in [1.807, 2.05) is 30.3 Å². The fourth-order valence-electron chi connectivity index (χ4n) is 4.95. The number of hydrogen-bond donors (Lipinski definition) is 2. The number of anilines is 2. The maximum absolute atomic E-state index is 13.6. The van der Waals surface area contributed by atoms with Crippen molar-refractivity contribution < 1.29 is 28.7 Å². The molecule has 1 atom stereocenters. The summed E-state index contributed by atoms with van der Waals surface area (Å²) in [5.74, 6) is -0.876. The SMILES string of the molecule is COC(=O)c1ccc(C(=O)Nc2cccc(-c3cn(CC(=O)N[C@@H](Cc4ccccc4)C(=O)N(C)c4ccc(OC)cc4)nn3)c2)cc1. The average Bonchev–Trinajstić information content (AvgIpc) is 3.59. The van der Waals surface area contributed by atoms with Gasteiger partial charge >= 0.3 is 5.97 Å². The van der Waals surface area contributed by atoms with Gasteiger partial charge in [-0.15, -0.1) is 5.10 Å². The van der Waals surface area contributed by atoms with E-state index >= 15 is 0 Å². The van der Waals surface area contributed by atoms with Gasteiger partial charge in [0.05, 0.1) is 26.0 Å². The first-order valence-corrected chi connectivity index (χ1v) is 15.0. The Bertz CT molecular complexity index is 1890. The lowest BCUT2D eigenvalue weighted by Gasteiger charge is -2.25. The van der Waals surface area contributed by atoms with Crippen LogP contribution in [0.1, 0.15) is 26.3 Å². The van der Waals surface area contributed by atoms with Crippen LogP contribution in [0.5, 0.6) is 5.75 Å². The Morgan fingerprint density at radius 3 is 2.25 bits per heavy atom. The van der Waals surface area contributed by atoms with Crippen LogP contribution in [0, 0.1) is 0 Å². The van der Waals surface area contributed by atoms with Crippen LogP contribution >= 0.6 is 0 Å². The minimum Gasteiger partial charge on any atom is -0.497 e. The van der Waals surface area contributed by atoms with E-state index in [9.17, 15) is 19.2 Å². The fourth-order valence-corrected chi connectivity index (χ4v) is 4.95. The first-order chi connectivity index (χ1) is 23.2. The zero-order chi connectivity index (χ0) is 34.0. The van der Waals surface area contributed by atoms with Crippen molar-refractivity contribution in [3.63, 3.8) is 0 Å². The molecule has 5 rings (SSSR count). The molecule has 0 fully saturated rings. The number of benzene rings is 4. The molecule has 0 aliphatic carbocycles. The number of nitrogens with zero attached hydrogens (tertiary/aromatic N) is 4. The van der Waals surface area contributed by atoms with Crippen molar-refractivity contribution in [3.05, 3.63) is 126 Å². The highest BCUT2D eigenvalue weighted by Gasteiger charge is 2.26. The van der Waals surface area contributed by atoms with Gasteiger partial charge in [0, 0.05) is 36.0 Å². The van der Waals surface area contributed by atoms with E-state index in [2.05, 4.69) is 20.9 Å². The Morgan fingerprint density at radius 2 is 1.56 bits per heavy atom. The Hall–Kier alpha value is -6.30. The normalized spacial score (nSPS) is 11.2. The molecule has 12 heteroatoms. The lowest BCUT2D eigenvalue weighted by molar-refractivity contribution is -0.127. The van der Waals surface area contributed by atoms with Crippen LogP contribution in [-0.4, -0.2) is 66.0 Å². The zero-order valence-corrected chi connectivity index (χ0v) is 26.6. The van der Waals surface area contributed by atoms with Gasteiger partial charge in [-0.2, -0.15) is 0 Å². The van der Waals surface area contributed by atoms with Gasteiger partial charge in [0.2, 0.25) is 11.8 Å². The van der Waals surface area contributed by atoms with Crippen LogP contribution in [0.15, 0.2) is 109 Å². The Morgan fingerprint density at radius 1 is 0.854 bits per heavy atom. The summed E-state index contributed by atoms with van der Waals surface area (Å²) in [4.78, 5) is 52.8. The summed E-state index contributed by atoms with van der Waals surface area (Å²) in [6, 6.07) is 28.9. The third-order valence-electron chi connectivity index (χ3n) is 7.53. The first-order valence-electron chi connectivity index (χ1n) is 15.0. The molecule has 5 aromatic rings. The van der Waals surface area contributed by atoms with Gasteiger partial charge in [0.15, 0.2) is 0 Å². The number of amides is 3. The number of ether oxygens (including phenoxy) is 2. The third kappa shape index (κ3) is 8.29. The van der Waals surface area contributed by atoms with Gasteiger partial charge in [0.1, 0.15) is 24.0 Å². The highest BCUT2D eigenvalue weighted by molar-refractivity contribution is 6.05. The molecule has 0 spiro atoms. The van der Waals surface area contributed by atoms with Gasteiger partial charge in [-0.25, -0.2) is 9.48 Å². The van der Waals surface area contributed by atoms with Gasteiger partial charge in [0.25, 0.3) is 5.91 Å². The van der Waals surface area contributed by atoms with Gasteiger partial charge < -0.3 is 25.0 Å². The molecule has 0 saturated carbocycles. The van der Waals surface area contributed by atoms with Crippen LogP contribution in [0.4, 0.5) is 11.4 Å². The molecule has 0 radical (unpaired) electrons. The Balaban J connectivity index is 1.24. The number of rotatable bonds is 12. The number of carbonyl (C=O) groups excluding carboxylic acids is 4. The number of hydrogen-bond acceptors (Lipinski definition) is 8. The first kappa shape index (κ1) is 33.1. The molecule has 3 amide bonds. The molecule has 0 saturated heterocycles. The topological polar surface area (TPSA) is 145 Å². The van der Waals surface area contributed by atoms with Crippen molar-refractivity contribution in [1.82, 2.24) is 20.3 Å². The molecular formula is C36H34N6O6. The molecule has 2 N–H and O–H groups in total. The number of likely N-dealkylation sites (N-methyl/N-ethyl adjacent to an activating group) is 1. The summed E-state index contributed by atoms with van der Waals surface area (Å²) in [6.45, 7) is -0.171. The monoisotopic (exact) mass is 646 g/mol. The summed E-state index contributed by atoms with van der Waals surface area (Å²) in [5, 5.41) is 14.0. The number of methoxy groups -OCH3 is 2. The lowest BCUT2D eigenvalue weighted by atomic mass is 10.0. The van der Waals surface area contributed by atoms with Gasteiger partial charge in [-0.05, 0) is 66.2 Å². The van der Waals surface area contributed by atoms with E-state index in [1.165, 1.54) is 41.0 Å². The highest BCUT2D eigenvalue weighted by atomic mass is 16.5. The number of carbonyl (C=O) groups is 4. The number of aromatic nitrogens is 3. The summed E-state index contributed by atoms with van der Waals surface area (Å²) >= 11 is 0. The molecule has 0 aliphatic heterocycles. The Labute approximate surface area is 277 Å². The largest absolute Gasteiger partial charge is 0.497 e. The molecule has 1 aromatic heterocycles. The standard InChI is InChI=1S/C36H34N6O6/c1-41(29-16-18-30(47-2)19-17-29)35(45)31(20-24-8-5-4-6-9-24)38-33(43)23-42-22-32(39-40-42)27-10-7-11-28(21-27)37-34(44)25-12-14-26(15-13-25)36(46)48-3/h4-19,21-22,31H,20,23H2,1-3H3,(H,37,44)(H,38,43)/t31-/m0/s1. The second kappa shape index (κ2) is 15.3. The third-order valence-corrected chi connectivity index (χ3v) is 7.53. The average molecular weight is 647 g/mol. The van der Waals surface area contributed by atoms with Crippen LogP contribution < -0.4 is 20.3 Å². The maximum atomic E-state index is 13.6. The summed E-state index contributed by atoms with van der Waals surface area (Å²) in [6.07, 6.45) is 1.91. The van der Waals surface area contributed by atoms with E-state index in [-0.39, 0.29) is 18.4 Å². The van der Waals surface area contributed by atoms with Crippen molar-refractivity contribution in [1.29, 1.82) is 0 Å². The molecule has 48 heavy (non-hydrogen) atoms. The van der Waals surface area contributed by atoms with E-state index in [1.54, 1.807) is 68.9 Å². The maximum Gasteiger partial charge on any atom is 0.337 e. The summed E-state index contributed by atoms with van der Waals surface area (Å²) in [5.41, 5.74) is 3.93. The minimum atomic E-state index is -0.841. The van der Waals surface area contributed by atoms with Crippen LogP contribution in [0.25, 0.3) is 11.3 Å². The van der Waals surface area contributed by atoms with E-state index in [0.29, 0.717) is 45.9 Å². The van der Waals surface area contributed by atoms with Crippen molar-refractivity contribution in [2.24, 2.45) is 0 Å². The van der Waals surface area contributed by atoms with Crippen molar-refractivity contribution in [2.45, 2.75) is 19.0 Å². The Kier molecular flexibility index (Phi) is 10.6. The van der Waals surface area contributed by atoms with Crippen LogP contribution in [0.2, 0.25) is 0 Å². The molecular weight excluding hydrogens is 612 g/mol. The van der Waals surface area contributed by atoms with Gasteiger partial charge in [-0.3, -0.25) is 14.4 Å². The molecule has 0 unspecified atom stereocenters.